The summed E-state index contributed by atoms with van der Waals surface area (Å²) in [5, 5.41) is 1.26. The third-order valence-corrected chi connectivity index (χ3v) is 7.88. The van der Waals surface area contributed by atoms with E-state index in [0.717, 1.165) is 0 Å². The molecule has 0 saturated heterocycles. The molecule has 6 rings (SSSR count). The molecule has 0 aliphatic carbocycles. The van der Waals surface area contributed by atoms with Gasteiger partial charge in [0, 0.05) is 6.07 Å². The molecule has 0 unspecified atom stereocenters. The molecule has 0 bridgehead atoms. The molecule has 1 heterocycles. The first-order valence-corrected chi connectivity index (χ1v) is 12.7. The van der Waals surface area contributed by atoms with Gasteiger partial charge in [-0.05, 0) is 58.5 Å². The van der Waals surface area contributed by atoms with Gasteiger partial charge in [-0.2, -0.15) is 4.57 Å². The molecular formula is C33H26NS+. The predicted octanol–water partition coefficient (Wildman–Crippen LogP) is 8.70. The Morgan fingerprint density at radius 2 is 1.09 bits per heavy atom. The highest BCUT2D eigenvalue weighted by atomic mass is 32.1. The first-order valence-electron chi connectivity index (χ1n) is 11.9. The van der Waals surface area contributed by atoms with E-state index in [-0.39, 0.29) is 0 Å². The Hall–Kier alpha value is -4.01. The number of thiazole rings is 1. The van der Waals surface area contributed by atoms with Crippen molar-refractivity contribution in [2.75, 3.05) is 0 Å². The molecule has 0 saturated carbocycles. The van der Waals surface area contributed by atoms with Crippen LogP contribution in [0, 0.1) is 6.92 Å². The molecular weight excluding hydrogens is 442 g/mol. The molecule has 0 fully saturated rings. The van der Waals surface area contributed by atoms with E-state index in [9.17, 15) is 0 Å². The third kappa shape index (κ3) is 3.96. The lowest BCUT2D eigenvalue weighted by Crippen LogP contribution is -2.28. The normalized spacial score (nSPS) is 11.1. The summed E-state index contributed by atoms with van der Waals surface area (Å²) in [6, 6.07) is 43.8. The van der Waals surface area contributed by atoms with Crippen LogP contribution < -0.4 is 4.57 Å². The van der Waals surface area contributed by atoms with Crippen molar-refractivity contribution in [3.8, 4) is 44.0 Å². The van der Waals surface area contributed by atoms with Crippen molar-refractivity contribution in [3.63, 3.8) is 0 Å². The fourth-order valence-corrected chi connectivity index (χ4v) is 6.02. The van der Waals surface area contributed by atoms with Crippen molar-refractivity contribution in [1.29, 1.82) is 0 Å². The molecule has 1 nitrogen and oxygen atoms in total. The molecule has 0 spiro atoms. The first kappa shape index (κ1) is 21.5. The van der Waals surface area contributed by atoms with Crippen LogP contribution in [0.4, 0.5) is 0 Å². The Morgan fingerprint density at radius 1 is 0.543 bits per heavy atom. The van der Waals surface area contributed by atoms with Crippen LogP contribution in [-0.2, 0) is 7.05 Å². The van der Waals surface area contributed by atoms with E-state index in [2.05, 4.69) is 140 Å². The third-order valence-electron chi connectivity index (χ3n) is 6.64. The van der Waals surface area contributed by atoms with Gasteiger partial charge in [0.1, 0.15) is 11.7 Å². The molecule has 5 aromatic carbocycles. The van der Waals surface area contributed by atoms with Crippen LogP contribution in [0.25, 0.3) is 54.2 Å². The SMILES string of the molecule is Cc1ccc(-c2cc(-c3ccccc3)c(-c3sc4ccccc4[n+]3C)c(-c3ccccc3)c2)cc1. The van der Waals surface area contributed by atoms with E-state index in [0.29, 0.717) is 0 Å². The summed E-state index contributed by atoms with van der Waals surface area (Å²) < 4.78 is 3.64. The van der Waals surface area contributed by atoms with Crippen molar-refractivity contribution in [2.24, 2.45) is 7.05 Å². The number of hydrogen-bond acceptors (Lipinski definition) is 1. The maximum atomic E-state index is 2.37. The standard InChI is InChI=1S/C33H26NS/c1-23-17-19-24(20-18-23)27-21-28(25-11-5-3-6-12-25)32(29(22-27)26-13-7-4-8-14-26)33-34(2)30-15-9-10-16-31(30)35-33/h3-22H,1-2H3/q+1. The van der Waals surface area contributed by atoms with Crippen LogP contribution in [0.15, 0.2) is 121 Å². The Labute approximate surface area is 210 Å². The summed E-state index contributed by atoms with van der Waals surface area (Å²) in [4.78, 5) is 0. The Kier molecular flexibility index (Phi) is 5.52. The molecule has 0 atom stereocenters. The lowest BCUT2D eigenvalue weighted by molar-refractivity contribution is -0.629. The minimum atomic E-state index is 1.23. The van der Waals surface area contributed by atoms with Crippen molar-refractivity contribution >= 4 is 21.6 Å². The number of benzene rings is 5. The lowest BCUT2D eigenvalue weighted by Gasteiger charge is -2.16. The van der Waals surface area contributed by atoms with Crippen LogP contribution in [0.1, 0.15) is 5.56 Å². The topological polar surface area (TPSA) is 3.88 Å². The second-order valence-corrected chi connectivity index (χ2v) is 10.0. The van der Waals surface area contributed by atoms with Gasteiger partial charge in [-0.1, -0.05) is 114 Å². The quantitative estimate of drug-likeness (QED) is 0.228. The fourth-order valence-electron chi connectivity index (χ4n) is 4.80. The summed E-state index contributed by atoms with van der Waals surface area (Å²) in [5.74, 6) is 0. The molecule has 168 valence electrons. The largest absolute Gasteiger partial charge is 0.271 e. The number of aryl methyl sites for hydroxylation is 2. The Morgan fingerprint density at radius 3 is 1.66 bits per heavy atom. The highest BCUT2D eigenvalue weighted by Crippen LogP contribution is 2.44. The van der Waals surface area contributed by atoms with E-state index in [1.807, 2.05) is 11.3 Å². The lowest BCUT2D eigenvalue weighted by atomic mass is 9.88. The minimum absolute atomic E-state index is 1.23. The molecule has 0 aliphatic rings. The van der Waals surface area contributed by atoms with Crippen LogP contribution in [0.5, 0.6) is 0 Å². The second kappa shape index (κ2) is 8.98. The highest BCUT2D eigenvalue weighted by Gasteiger charge is 2.26. The molecule has 0 N–H and O–H groups in total. The molecule has 35 heavy (non-hydrogen) atoms. The molecule has 1 aromatic heterocycles. The van der Waals surface area contributed by atoms with Crippen molar-refractivity contribution in [1.82, 2.24) is 0 Å². The summed E-state index contributed by atoms with van der Waals surface area (Å²) >= 11 is 1.86. The zero-order valence-corrected chi connectivity index (χ0v) is 20.7. The van der Waals surface area contributed by atoms with Crippen LogP contribution in [0.2, 0.25) is 0 Å². The maximum Gasteiger partial charge on any atom is 0.271 e. The number of nitrogens with zero attached hydrogens (tertiary/aromatic N) is 1. The molecule has 0 amide bonds. The van der Waals surface area contributed by atoms with E-state index >= 15 is 0 Å². The maximum absolute atomic E-state index is 2.37. The molecule has 6 aromatic rings. The van der Waals surface area contributed by atoms with Crippen molar-refractivity contribution in [2.45, 2.75) is 6.92 Å². The first-order chi connectivity index (χ1) is 17.2. The van der Waals surface area contributed by atoms with Crippen molar-refractivity contribution < 1.29 is 4.57 Å². The molecule has 2 heteroatoms. The summed E-state index contributed by atoms with van der Waals surface area (Å²) in [5.41, 5.74) is 11.2. The van der Waals surface area contributed by atoms with Gasteiger partial charge in [0.2, 0.25) is 5.52 Å². The van der Waals surface area contributed by atoms with Gasteiger partial charge in [0.25, 0.3) is 5.01 Å². The summed E-state index contributed by atoms with van der Waals surface area (Å²) in [7, 11) is 2.19. The number of rotatable bonds is 4. The monoisotopic (exact) mass is 468 g/mol. The van der Waals surface area contributed by atoms with Gasteiger partial charge in [0.05, 0.1) is 5.56 Å². The van der Waals surface area contributed by atoms with Gasteiger partial charge in [-0.3, -0.25) is 0 Å². The van der Waals surface area contributed by atoms with Crippen molar-refractivity contribution in [3.05, 3.63) is 127 Å². The number of aromatic nitrogens is 1. The predicted molar refractivity (Wildman–Crippen MR) is 149 cm³/mol. The van der Waals surface area contributed by atoms with Gasteiger partial charge < -0.3 is 0 Å². The summed E-state index contributed by atoms with van der Waals surface area (Å²) in [6.45, 7) is 2.14. The second-order valence-electron chi connectivity index (χ2n) is 8.98. The molecule has 0 aliphatic heterocycles. The smallest absolute Gasteiger partial charge is 0.184 e. The van der Waals surface area contributed by atoms with Crippen LogP contribution >= 0.6 is 11.3 Å². The number of fused-ring (bicyclic) bond motifs is 1. The van der Waals surface area contributed by atoms with Crippen LogP contribution in [-0.4, -0.2) is 0 Å². The average molecular weight is 469 g/mol. The number of para-hydroxylation sites is 1. The summed E-state index contributed by atoms with van der Waals surface area (Å²) in [6.07, 6.45) is 0. The van der Waals surface area contributed by atoms with E-state index in [1.165, 1.54) is 59.7 Å². The highest BCUT2D eigenvalue weighted by molar-refractivity contribution is 7.21. The fraction of sp³-hybridized carbons (Fsp3) is 0.0606. The van der Waals surface area contributed by atoms with Gasteiger partial charge in [0.15, 0.2) is 0 Å². The average Bonchev–Trinajstić information content (AvgIpc) is 3.25. The van der Waals surface area contributed by atoms with Gasteiger partial charge in [-0.15, -0.1) is 0 Å². The zero-order valence-electron chi connectivity index (χ0n) is 19.9. The van der Waals surface area contributed by atoms with E-state index in [1.54, 1.807) is 0 Å². The van der Waals surface area contributed by atoms with Gasteiger partial charge >= 0.3 is 0 Å². The Bertz CT molecular complexity index is 1570. The zero-order chi connectivity index (χ0) is 23.8. The van der Waals surface area contributed by atoms with Crippen LogP contribution in [0.3, 0.4) is 0 Å². The van der Waals surface area contributed by atoms with Gasteiger partial charge in [-0.25, -0.2) is 0 Å². The van der Waals surface area contributed by atoms with E-state index in [4.69, 9.17) is 0 Å². The minimum Gasteiger partial charge on any atom is -0.184 e. The number of hydrogen-bond donors (Lipinski definition) is 0. The molecule has 0 radical (unpaired) electrons. The van der Waals surface area contributed by atoms with E-state index < -0.39 is 0 Å². The Balaban J connectivity index is 1.73.